The Labute approximate surface area is 175 Å². The van der Waals surface area contributed by atoms with E-state index in [1.54, 1.807) is 7.11 Å². The average Bonchev–Trinajstić information content (AvgIpc) is 3.53. The Hall–Kier alpha value is -3.61. The molecule has 2 heterocycles. The minimum atomic E-state index is -0.139. The van der Waals surface area contributed by atoms with E-state index in [1.807, 2.05) is 47.0 Å². The topological polar surface area (TPSA) is 106 Å². The summed E-state index contributed by atoms with van der Waals surface area (Å²) in [6.45, 7) is 1.17. The summed E-state index contributed by atoms with van der Waals surface area (Å²) in [5, 5.41) is 11.4. The smallest absolute Gasteiger partial charge is 0.268 e. The van der Waals surface area contributed by atoms with Gasteiger partial charge in [0, 0.05) is 36.5 Å². The standard InChI is InChI=1S/C23H25N5O2/c1-30-19-4-2-3-16(9-19)13-26-23(29)21-10-17-7-8-20(18(11-24)12-25)27-22(17)28(21)14-15-5-6-15/h2-4,7-12,15,24H,5-6,13-14,25H2,1H3,(H,26,29)/b18-12+,24-11?. The quantitative estimate of drug-likeness (QED) is 0.502. The largest absolute Gasteiger partial charge is 0.497 e. The third kappa shape index (κ3) is 4.05. The number of fused-ring (bicyclic) bond motifs is 1. The highest BCUT2D eigenvalue weighted by atomic mass is 16.5. The molecule has 7 nitrogen and oxygen atoms in total. The lowest BCUT2D eigenvalue weighted by atomic mass is 10.2. The Morgan fingerprint density at radius 1 is 1.33 bits per heavy atom. The zero-order valence-corrected chi connectivity index (χ0v) is 16.9. The van der Waals surface area contributed by atoms with Crippen molar-refractivity contribution in [1.82, 2.24) is 14.9 Å². The molecule has 0 radical (unpaired) electrons. The number of hydrogen-bond acceptors (Lipinski definition) is 5. The first-order valence-electron chi connectivity index (χ1n) is 9.97. The Morgan fingerprint density at radius 3 is 2.87 bits per heavy atom. The maximum absolute atomic E-state index is 13.0. The van der Waals surface area contributed by atoms with Gasteiger partial charge in [0.15, 0.2) is 0 Å². The number of carbonyl (C=O) groups excluding carboxylic acids is 1. The maximum Gasteiger partial charge on any atom is 0.268 e. The van der Waals surface area contributed by atoms with Crippen LogP contribution in [0.2, 0.25) is 0 Å². The predicted molar refractivity (Wildman–Crippen MR) is 118 cm³/mol. The van der Waals surface area contributed by atoms with Gasteiger partial charge in [-0.1, -0.05) is 12.1 Å². The number of hydrogen-bond donors (Lipinski definition) is 3. The molecule has 4 rings (SSSR count). The predicted octanol–water partition coefficient (Wildman–Crippen LogP) is 3.33. The monoisotopic (exact) mass is 403 g/mol. The normalized spacial score (nSPS) is 14.0. The number of ether oxygens (including phenoxy) is 1. The lowest BCUT2D eigenvalue weighted by Gasteiger charge is -2.11. The molecular weight excluding hydrogens is 378 g/mol. The molecular formula is C23H25N5O2. The molecule has 0 spiro atoms. The molecule has 1 aliphatic carbocycles. The fourth-order valence-corrected chi connectivity index (χ4v) is 3.48. The zero-order valence-electron chi connectivity index (χ0n) is 16.9. The minimum Gasteiger partial charge on any atom is -0.497 e. The van der Waals surface area contributed by atoms with Crippen LogP contribution >= 0.6 is 0 Å². The lowest BCUT2D eigenvalue weighted by Crippen LogP contribution is -2.25. The number of methoxy groups -OCH3 is 1. The SMILES string of the molecule is COc1cccc(CNC(=O)c2cc3ccc(/C(C=N)=C/N)nc3n2CC2CC2)c1. The molecule has 7 heteroatoms. The van der Waals surface area contributed by atoms with Crippen molar-refractivity contribution in [1.29, 1.82) is 5.41 Å². The van der Waals surface area contributed by atoms with Gasteiger partial charge in [-0.15, -0.1) is 0 Å². The third-order valence-electron chi connectivity index (χ3n) is 5.33. The summed E-state index contributed by atoms with van der Waals surface area (Å²) in [4.78, 5) is 17.7. The van der Waals surface area contributed by atoms with Gasteiger partial charge in [0.1, 0.15) is 17.1 Å². The fraction of sp³-hybridized carbons (Fsp3) is 0.261. The van der Waals surface area contributed by atoms with Crippen molar-refractivity contribution in [2.75, 3.05) is 7.11 Å². The highest BCUT2D eigenvalue weighted by Crippen LogP contribution is 2.33. The van der Waals surface area contributed by atoms with Gasteiger partial charge < -0.3 is 25.8 Å². The van der Waals surface area contributed by atoms with Gasteiger partial charge in [0.05, 0.1) is 12.8 Å². The molecule has 0 bridgehead atoms. The van der Waals surface area contributed by atoms with Crippen molar-refractivity contribution in [2.24, 2.45) is 11.7 Å². The van der Waals surface area contributed by atoms with Crippen molar-refractivity contribution < 1.29 is 9.53 Å². The van der Waals surface area contributed by atoms with Crippen LogP contribution in [0.5, 0.6) is 5.75 Å². The molecule has 1 amide bonds. The highest BCUT2D eigenvalue weighted by molar-refractivity contribution is 6.08. The number of nitrogens with one attached hydrogen (secondary N) is 2. The second-order valence-electron chi connectivity index (χ2n) is 7.49. The zero-order chi connectivity index (χ0) is 21.1. The van der Waals surface area contributed by atoms with Gasteiger partial charge in [-0.2, -0.15) is 0 Å². The lowest BCUT2D eigenvalue weighted by molar-refractivity contribution is 0.0941. The molecule has 1 fully saturated rings. The van der Waals surface area contributed by atoms with E-state index in [0.29, 0.717) is 29.4 Å². The van der Waals surface area contributed by atoms with E-state index < -0.39 is 0 Å². The molecule has 1 aromatic carbocycles. The van der Waals surface area contributed by atoms with Crippen molar-refractivity contribution in [3.05, 3.63) is 65.6 Å². The van der Waals surface area contributed by atoms with Crippen LogP contribution in [0.15, 0.2) is 48.7 Å². The van der Waals surface area contributed by atoms with E-state index >= 15 is 0 Å². The van der Waals surface area contributed by atoms with Crippen molar-refractivity contribution in [3.8, 4) is 5.75 Å². The molecule has 0 atom stereocenters. The Balaban J connectivity index is 1.64. The van der Waals surface area contributed by atoms with Gasteiger partial charge in [-0.3, -0.25) is 4.79 Å². The number of pyridine rings is 1. The van der Waals surface area contributed by atoms with Crippen LogP contribution in [-0.4, -0.2) is 28.8 Å². The van der Waals surface area contributed by atoms with Crippen LogP contribution < -0.4 is 15.8 Å². The Bertz CT molecular complexity index is 1130. The summed E-state index contributed by atoms with van der Waals surface area (Å²) in [6.07, 6.45) is 4.89. The van der Waals surface area contributed by atoms with Crippen molar-refractivity contribution >= 4 is 28.7 Å². The average molecular weight is 403 g/mol. The first-order valence-corrected chi connectivity index (χ1v) is 9.97. The van der Waals surface area contributed by atoms with E-state index in [9.17, 15) is 4.79 Å². The Morgan fingerprint density at radius 2 is 2.17 bits per heavy atom. The van der Waals surface area contributed by atoms with Gasteiger partial charge in [0.2, 0.25) is 0 Å². The van der Waals surface area contributed by atoms with Crippen LogP contribution in [0.1, 0.15) is 34.6 Å². The van der Waals surface area contributed by atoms with Crippen LogP contribution in [0.25, 0.3) is 16.6 Å². The summed E-state index contributed by atoms with van der Waals surface area (Å²) in [7, 11) is 1.62. The number of allylic oxidation sites excluding steroid dienone is 1. The number of rotatable bonds is 8. The molecule has 154 valence electrons. The van der Waals surface area contributed by atoms with Gasteiger partial charge >= 0.3 is 0 Å². The van der Waals surface area contributed by atoms with Crippen LogP contribution in [0, 0.1) is 11.3 Å². The summed E-state index contributed by atoms with van der Waals surface area (Å²) in [5.41, 5.74) is 9.10. The van der Waals surface area contributed by atoms with Gasteiger partial charge in [-0.25, -0.2) is 4.98 Å². The molecule has 0 aliphatic heterocycles. The molecule has 30 heavy (non-hydrogen) atoms. The van der Waals surface area contributed by atoms with Crippen LogP contribution in [-0.2, 0) is 13.1 Å². The Kier molecular flexibility index (Phi) is 5.52. The summed E-state index contributed by atoms with van der Waals surface area (Å²) >= 11 is 0. The van der Waals surface area contributed by atoms with Crippen molar-refractivity contribution in [3.63, 3.8) is 0 Å². The van der Waals surface area contributed by atoms with E-state index in [2.05, 4.69) is 5.32 Å². The molecule has 3 aromatic rings. The number of carbonyl (C=O) groups is 1. The number of aromatic nitrogens is 2. The first kappa shape index (κ1) is 19.7. The fourth-order valence-electron chi connectivity index (χ4n) is 3.48. The third-order valence-corrected chi connectivity index (χ3v) is 5.33. The molecule has 4 N–H and O–H groups in total. The number of nitrogens with two attached hydrogens (primary N) is 1. The number of amides is 1. The van der Waals surface area contributed by atoms with Crippen LogP contribution in [0.4, 0.5) is 0 Å². The summed E-state index contributed by atoms with van der Waals surface area (Å²) in [5.74, 6) is 1.19. The number of nitrogens with zero attached hydrogens (tertiary/aromatic N) is 2. The van der Waals surface area contributed by atoms with E-state index in [0.717, 1.165) is 28.9 Å². The van der Waals surface area contributed by atoms with Crippen molar-refractivity contribution in [2.45, 2.75) is 25.9 Å². The molecule has 0 unspecified atom stereocenters. The van der Waals surface area contributed by atoms with Gasteiger partial charge in [0.25, 0.3) is 5.91 Å². The van der Waals surface area contributed by atoms with E-state index in [4.69, 9.17) is 20.9 Å². The first-order chi connectivity index (χ1) is 14.6. The number of benzene rings is 1. The summed E-state index contributed by atoms with van der Waals surface area (Å²) in [6, 6.07) is 13.3. The second kappa shape index (κ2) is 8.41. The maximum atomic E-state index is 13.0. The molecule has 1 saturated carbocycles. The molecule has 2 aromatic heterocycles. The van der Waals surface area contributed by atoms with Gasteiger partial charge in [-0.05, 0) is 54.7 Å². The second-order valence-corrected chi connectivity index (χ2v) is 7.49. The molecule has 0 saturated heterocycles. The summed E-state index contributed by atoms with van der Waals surface area (Å²) < 4.78 is 7.25. The van der Waals surface area contributed by atoms with E-state index in [-0.39, 0.29) is 5.91 Å². The molecule has 1 aliphatic rings. The minimum absolute atomic E-state index is 0.139. The van der Waals surface area contributed by atoms with Crippen LogP contribution in [0.3, 0.4) is 0 Å². The highest BCUT2D eigenvalue weighted by Gasteiger charge is 2.26. The van der Waals surface area contributed by atoms with E-state index in [1.165, 1.54) is 25.3 Å².